The number of hydrogen-bond donors (Lipinski definition) is 0. The van der Waals surface area contributed by atoms with Gasteiger partial charge in [-0.25, -0.2) is 0 Å². The summed E-state index contributed by atoms with van der Waals surface area (Å²) in [5.74, 6) is 0. The Morgan fingerprint density at radius 3 is 1.94 bits per heavy atom. The molecule has 0 atom stereocenters. The van der Waals surface area contributed by atoms with E-state index in [2.05, 4.69) is 98.6 Å². The van der Waals surface area contributed by atoms with Crippen molar-refractivity contribution < 1.29 is 0 Å². The summed E-state index contributed by atoms with van der Waals surface area (Å²) >= 11 is 0. The highest BCUT2D eigenvalue weighted by atomic mass is 28.3. The average molecular weight is 443 g/mol. The van der Waals surface area contributed by atoms with Crippen molar-refractivity contribution in [1.82, 2.24) is 9.38 Å². The van der Waals surface area contributed by atoms with Gasteiger partial charge in [-0.3, -0.25) is 4.98 Å². The molecule has 2 nitrogen and oxygen atoms in total. The van der Waals surface area contributed by atoms with Crippen LogP contribution in [0.15, 0.2) is 66.9 Å². The van der Waals surface area contributed by atoms with E-state index in [0.717, 1.165) is 5.52 Å². The highest BCUT2D eigenvalue weighted by molar-refractivity contribution is 6.88. The third-order valence-electron chi connectivity index (χ3n) is 7.69. The topological polar surface area (TPSA) is 17.3 Å². The van der Waals surface area contributed by atoms with Gasteiger partial charge in [0, 0.05) is 27.7 Å². The normalized spacial score (nSPS) is 13.0. The molecule has 0 amide bonds. The Morgan fingerprint density at radius 1 is 0.636 bits per heavy atom. The second kappa shape index (κ2) is 6.12. The summed E-state index contributed by atoms with van der Waals surface area (Å²) in [6.07, 6.45) is 1.99. The zero-order valence-corrected chi connectivity index (χ0v) is 20.7. The first-order valence-corrected chi connectivity index (χ1v) is 15.2. The minimum absolute atomic E-state index is 1.09. The van der Waals surface area contributed by atoms with Gasteiger partial charge in [0.1, 0.15) is 0 Å². The standard InChI is InChI=1S/C30H26N2Si/c1-17-18(2)29-26-16-21(33(3,4)5)10-11-22(26)23-12-13-31-27-24-14-19-8-6-7-9-20(19)15-25(24)28(17)32(29)30(23)27/h6-16H,1-5H3. The number of hydrogen-bond acceptors (Lipinski definition) is 1. The molecule has 0 aliphatic carbocycles. The third kappa shape index (κ3) is 2.35. The number of benzene rings is 3. The Bertz CT molecular complexity index is 1920. The lowest BCUT2D eigenvalue weighted by atomic mass is 9.99. The number of pyridine rings is 3. The summed E-state index contributed by atoms with van der Waals surface area (Å²) in [5, 5.41) is 10.6. The molecule has 0 radical (unpaired) electrons. The van der Waals surface area contributed by atoms with E-state index in [4.69, 9.17) is 4.98 Å². The highest BCUT2D eigenvalue weighted by Gasteiger charge is 2.24. The van der Waals surface area contributed by atoms with E-state index in [1.54, 1.807) is 0 Å². The molecule has 0 spiro atoms. The fourth-order valence-electron chi connectivity index (χ4n) is 5.84. The fraction of sp³-hybridized carbons (Fsp3) is 0.167. The van der Waals surface area contributed by atoms with Crippen molar-refractivity contribution >= 4 is 73.0 Å². The summed E-state index contributed by atoms with van der Waals surface area (Å²) in [6.45, 7) is 11.9. The predicted octanol–water partition coefficient (Wildman–Crippen LogP) is 7.70. The smallest absolute Gasteiger partial charge is 0.0955 e. The summed E-state index contributed by atoms with van der Waals surface area (Å²) in [7, 11) is -1.44. The maximum atomic E-state index is 4.96. The van der Waals surface area contributed by atoms with E-state index in [0.29, 0.717) is 0 Å². The number of rotatable bonds is 1. The molecule has 0 N–H and O–H groups in total. The first-order valence-electron chi connectivity index (χ1n) is 11.7. The first-order chi connectivity index (χ1) is 15.8. The largest absolute Gasteiger partial charge is 0.306 e. The van der Waals surface area contributed by atoms with E-state index in [1.807, 2.05) is 6.20 Å². The molecule has 4 aromatic heterocycles. The van der Waals surface area contributed by atoms with E-state index in [1.165, 1.54) is 70.6 Å². The SMILES string of the molecule is Cc1c(C)c2c3cc4ccccc4cc3c3nccc4c5ccc([Si](C)(C)C)cc5c1n2c43. The molecular formula is C30H26N2Si. The van der Waals surface area contributed by atoms with Crippen molar-refractivity contribution in [2.75, 3.05) is 0 Å². The Balaban J connectivity index is 1.85. The molecule has 0 bridgehead atoms. The van der Waals surface area contributed by atoms with Crippen molar-refractivity contribution in [2.45, 2.75) is 33.5 Å². The molecule has 7 aromatic rings. The molecule has 0 unspecified atom stereocenters. The lowest BCUT2D eigenvalue weighted by molar-refractivity contribution is 1.32. The molecule has 160 valence electrons. The van der Waals surface area contributed by atoms with Gasteiger partial charge in [0.2, 0.25) is 0 Å². The van der Waals surface area contributed by atoms with Crippen LogP contribution in [0, 0.1) is 13.8 Å². The highest BCUT2D eigenvalue weighted by Crippen LogP contribution is 2.43. The number of aromatic nitrogens is 2. The summed E-state index contributed by atoms with van der Waals surface area (Å²) in [5.41, 5.74) is 7.76. The van der Waals surface area contributed by atoms with E-state index < -0.39 is 8.07 Å². The Labute approximate surface area is 193 Å². The van der Waals surface area contributed by atoms with Gasteiger partial charge in [0.15, 0.2) is 0 Å². The molecule has 7 rings (SSSR count). The summed E-state index contributed by atoms with van der Waals surface area (Å²) in [6, 6.07) is 22.8. The molecule has 33 heavy (non-hydrogen) atoms. The molecule has 0 fully saturated rings. The average Bonchev–Trinajstić information content (AvgIpc) is 3.08. The molecule has 0 aliphatic heterocycles. The Hall–Kier alpha value is -3.43. The van der Waals surface area contributed by atoms with Gasteiger partial charge in [-0.15, -0.1) is 0 Å². The molecular weight excluding hydrogens is 416 g/mol. The van der Waals surface area contributed by atoms with Gasteiger partial charge in [-0.05, 0) is 59.3 Å². The number of aryl methyl sites for hydroxylation is 2. The van der Waals surface area contributed by atoms with E-state index in [9.17, 15) is 0 Å². The predicted molar refractivity (Wildman–Crippen MR) is 146 cm³/mol. The second-order valence-corrected chi connectivity index (χ2v) is 15.7. The summed E-state index contributed by atoms with van der Waals surface area (Å²) in [4.78, 5) is 4.96. The van der Waals surface area contributed by atoms with Crippen LogP contribution in [-0.4, -0.2) is 17.5 Å². The van der Waals surface area contributed by atoms with Crippen LogP contribution in [0.5, 0.6) is 0 Å². The van der Waals surface area contributed by atoms with Gasteiger partial charge >= 0.3 is 0 Å². The molecule has 0 aliphatic rings. The number of fused-ring (bicyclic) bond motifs is 7. The minimum Gasteiger partial charge on any atom is -0.306 e. The van der Waals surface area contributed by atoms with Crippen LogP contribution in [-0.2, 0) is 0 Å². The lowest BCUT2D eigenvalue weighted by Gasteiger charge is -2.20. The van der Waals surface area contributed by atoms with Crippen molar-refractivity contribution in [2.24, 2.45) is 0 Å². The lowest BCUT2D eigenvalue weighted by Crippen LogP contribution is -2.37. The van der Waals surface area contributed by atoms with E-state index in [-0.39, 0.29) is 0 Å². The van der Waals surface area contributed by atoms with Crippen molar-refractivity contribution in [3.8, 4) is 0 Å². The zero-order chi connectivity index (χ0) is 22.6. The molecule has 4 heterocycles. The van der Waals surface area contributed by atoms with Gasteiger partial charge < -0.3 is 4.40 Å². The molecule has 0 saturated carbocycles. The van der Waals surface area contributed by atoms with Crippen molar-refractivity contribution in [1.29, 1.82) is 0 Å². The first kappa shape index (κ1) is 19.1. The molecule has 3 heteroatoms. The van der Waals surface area contributed by atoms with Crippen LogP contribution in [0.25, 0.3) is 59.8 Å². The number of nitrogens with zero attached hydrogens (tertiary/aromatic N) is 2. The van der Waals surface area contributed by atoms with Gasteiger partial charge in [-0.2, -0.15) is 0 Å². The van der Waals surface area contributed by atoms with Crippen LogP contribution in [0.3, 0.4) is 0 Å². The maximum Gasteiger partial charge on any atom is 0.0955 e. The van der Waals surface area contributed by atoms with Crippen LogP contribution in [0.1, 0.15) is 11.1 Å². The van der Waals surface area contributed by atoms with Crippen LogP contribution in [0.2, 0.25) is 19.6 Å². The molecule has 0 saturated heterocycles. The molecule has 3 aromatic carbocycles. The van der Waals surface area contributed by atoms with Crippen LogP contribution in [0.4, 0.5) is 0 Å². The van der Waals surface area contributed by atoms with Gasteiger partial charge in [0.25, 0.3) is 0 Å². The van der Waals surface area contributed by atoms with Gasteiger partial charge in [0.05, 0.1) is 30.1 Å². The van der Waals surface area contributed by atoms with Gasteiger partial charge in [-0.1, -0.05) is 67.3 Å². The summed E-state index contributed by atoms with van der Waals surface area (Å²) < 4.78 is 2.52. The maximum absolute atomic E-state index is 4.96. The zero-order valence-electron chi connectivity index (χ0n) is 19.7. The van der Waals surface area contributed by atoms with Crippen LogP contribution < -0.4 is 5.19 Å². The third-order valence-corrected chi connectivity index (χ3v) is 9.74. The minimum atomic E-state index is -1.44. The monoisotopic (exact) mass is 442 g/mol. The van der Waals surface area contributed by atoms with Crippen LogP contribution >= 0.6 is 0 Å². The quantitative estimate of drug-likeness (QED) is 0.145. The Kier molecular flexibility index (Phi) is 3.54. The Morgan fingerprint density at radius 2 is 1.27 bits per heavy atom. The fourth-order valence-corrected chi connectivity index (χ4v) is 7.00. The second-order valence-electron chi connectivity index (χ2n) is 10.6. The van der Waals surface area contributed by atoms with Crippen molar-refractivity contribution in [3.63, 3.8) is 0 Å². The van der Waals surface area contributed by atoms with E-state index >= 15 is 0 Å². The van der Waals surface area contributed by atoms with Crippen molar-refractivity contribution in [3.05, 3.63) is 78.0 Å².